The molecule has 0 spiro atoms. The van der Waals surface area contributed by atoms with Gasteiger partial charge in [0.15, 0.2) is 0 Å². The van der Waals surface area contributed by atoms with Gasteiger partial charge >= 0.3 is 11.1 Å². The molecule has 1 rings (SSSR count). The fourth-order valence-corrected chi connectivity index (χ4v) is 1.61. The summed E-state index contributed by atoms with van der Waals surface area (Å²) in [5, 5.41) is 0.131. The van der Waals surface area contributed by atoms with Crippen LogP contribution in [0.25, 0.3) is 0 Å². The summed E-state index contributed by atoms with van der Waals surface area (Å²) in [5.74, 6) is -0.150. The van der Waals surface area contributed by atoms with Crippen LogP contribution in [0.2, 0.25) is 0 Å². The van der Waals surface area contributed by atoms with E-state index < -0.39 is 17.1 Å². The Morgan fingerprint density at radius 3 is 2.74 bits per heavy atom. The number of esters is 1. The SMILES string of the molecule is CCOC(=O)c1cnc([S+](C)[O-])nc1OCC(C)C. The summed E-state index contributed by atoms with van der Waals surface area (Å²) in [7, 11) is 0. The highest BCUT2D eigenvalue weighted by Crippen LogP contribution is 2.18. The molecule has 0 bridgehead atoms. The quantitative estimate of drug-likeness (QED) is 0.447. The highest BCUT2D eigenvalue weighted by atomic mass is 32.2. The minimum absolute atomic E-state index is 0.118. The number of rotatable bonds is 6. The monoisotopic (exact) mass is 286 g/mol. The van der Waals surface area contributed by atoms with Crippen LogP contribution in [0.4, 0.5) is 0 Å². The van der Waals surface area contributed by atoms with Crippen molar-refractivity contribution in [2.24, 2.45) is 5.92 Å². The van der Waals surface area contributed by atoms with Crippen LogP contribution >= 0.6 is 0 Å². The topological polar surface area (TPSA) is 84.4 Å². The molecule has 0 saturated heterocycles. The van der Waals surface area contributed by atoms with E-state index in [0.29, 0.717) is 6.61 Å². The Kier molecular flexibility index (Phi) is 6.04. The van der Waals surface area contributed by atoms with E-state index in [1.165, 1.54) is 12.5 Å². The van der Waals surface area contributed by atoms with E-state index in [1.807, 2.05) is 13.8 Å². The Bertz CT molecular complexity index is 438. The summed E-state index contributed by atoms with van der Waals surface area (Å²) in [6.07, 6.45) is 2.75. The molecule has 106 valence electrons. The first-order chi connectivity index (χ1) is 8.95. The normalized spacial score (nSPS) is 12.3. The second-order valence-electron chi connectivity index (χ2n) is 4.25. The van der Waals surface area contributed by atoms with Crippen LogP contribution in [0.15, 0.2) is 11.4 Å². The maximum atomic E-state index is 11.7. The Morgan fingerprint density at radius 1 is 1.53 bits per heavy atom. The maximum absolute atomic E-state index is 11.7. The highest BCUT2D eigenvalue weighted by Gasteiger charge is 2.20. The number of carbonyl (C=O) groups is 1. The number of nitrogens with zero attached hydrogens (tertiary/aromatic N) is 2. The number of aromatic nitrogens is 2. The van der Waals surface area contributed by atoms with Crippen molar-refractivity contribution < 1.29 is 18.8 Å². The Balaban J connectivity index is 3.03. The molecule has 0 fully saturated rings. The van der Waals surface area contributed by atoms with E-state index in [0.717, 1.165) is 0 Å². The van der Waals surface area contributed by atoms with Gasteiger partial charge in [-0.15, -0.1) is 4.98 Å². The molecule has 0 N–H and O–H groups in total. The lowest BCUT2D eigenvalue weighted by molar-refractivity contribution is 0.0518. The third-order valence-electron chi connectivity index (χ3n) is 2.04. The van der Waals surface area contributed by atoms with Crippen molar-refractivity contribution >= 4 is 17.1 Å². The molecule has 0 aliphatic carbocycles. The predicted molar refractivity (Wildman–Crippen MR) is 70.7 cm³/mol. The van der Waals surface area contributed by atoms with Crippen molar-refractivity contribution in [3.8, 4) is 5.88 Å². The number of hydrogen-bond donors (Lipinski definition) is 0. The third-order valence-corrected chi connectivity index (χ3v) is 2.75. The lowest BCUT2D eigenvalue weighted by Crippen LogP contribution is -2.15. The Labute approximate surface area is 115 Å². The smallest absolute Gasteiger partial charge is 0.345 e. The standard InChI is InChI=1S/C12H18N2O4S/c1-5-17-11(15)9-6-13-12(19(4)16)14-10(9)18-7-8(2)3/h6,8H,5,7H2,1-4H3. The largest absolute Gasteiger partial charge is 0.609 e. The van der Waals surface area contributed by atoms with Crippen molar-refractivity contribution in [1.82, 2.24) is 9.97 Å². The van der Waals surface area contributed by atoms with Gasteiger partial charge in [-0.3, -0.25) is 0 Å². The first-order valence-corrected chi connectivity index (χ1v) is 7.51. The molecule has 0 radical (unpaired) electrons. The molecule has 0 aliphatic heterocycles. The van der Waals surface area contributed by atoms with E-state index in [-0.39, 0.29) is 29.1 Å². The molecule has 1 aromatic heterocycles. The summed E-state index contributed by atoms with van der Waals surface area (Å²) < 4.78 is 21.7. The summed E-state index contributed by atoms with van der Waals surface area (Å²) in [6.45, 7) is 6.32. The summed E-state index contributed by atoms with van der Waals surface area (Å²) in [5.41, 5.74) is 0.150. The molecular weight excluding hydrogens is 268 g/mol. The molecule has 1 unspecified atom stereocenters. The van der Waals surface area contributed by atoms with E-state index in [1.54, 1.807) is 6.92 Å². The van der Waals surface area contributed by atoms with Gasteiger partial charge in [0.1, 0.15) is 11.8 Å². The van der Waals surface area contributed by atoms with Crippen molar-refractivity contribution in [3.05, 3.63) is 11.8 Å². The Hall–Kier alpha value is -1.34. The van der Waals surface area contributed by atoms with E-state index in [4.69, 9.17) is 9.47 Å². The van der Waals surface area contributed by atoms with Gasteiger partial charge in [0.2, 0.25) is 5.88 Å². The first-order valence-electron chi connectivity index (χ1n) is 5.96. The van der Waals surface area contributed by atoms with Crippen LogP contribution in [0, 0.1) is 5.92 Å². The van der Waals surface area contributed by atoms with E-state index >= 15 is 0 Å². The van der Waals surface area contributed by atoms with Crippen LogP contribution in [-0.4, -0.2) is 40.0 Å². The summed E-state index contributed by atoms with van der Waals surface area (Å²) in [6, 6.07) is 0. The Morgan fingerprint density at radius 2 is 2.21 bits per heavy atom. The fourth-order valence-electron chi connectivity index (χ4n) is 1.19. The average molecular weight is 286 g/mol. The molecule has 7 heteroatoms. The van der Waals surface area contributed by atoms with Crippen LogP contribution < -0.4 is 4.74 Å². The molecule has 6 nitrogen and oxygen atoms in total. The lowest BCUT2D eigenvalue weighted by Gasteiger charge is -2.12. The molecule has 1 heterocycles. The van der Waals surface area contributed by atoms with Crippen LogP contribution in [0.5, 0.6) is 5.88 Å². The maximum Gasteiger partial charge on any atom is 0.345 e. The molecule has 1 atom stereocenters. The molecule has 1 aromatic rings. The van der Waals surface area contributed by atoms with Gasteiger partial charge in [-0.1, -0.05) is 13.8 Å². The van der Waals surface area contributed by atoms with Gasteiger partial charge in [0.25, 0.3) is 0 Å². The average Bonchev–Trinajstić information content (AvgIpc) is 2.36. The molecular formula is C12H18N2O4S. The summed E-state index contributed by atoms with van der Waals surface area (Å²) >= 11 is -1.33. The molecule has 19 heavy (non-hydrogen) atoms. The molecule has 0 amide bonds. The van der Waals surface area contributed by atoms with Crippen molar-refractivity contribution in [1.29, 1.82) is 0 Å². The van der Waals surface area contributed by atoms with Gasteiger partial charge in [-0.05, 0) is 12.8 Å². The van der Waals surface area contributed by atoms with Gasteiger partial charge in [-0.25, -0.2) is 4.79 Å². The third kappa shape index (κ3) is 4.68. The minimum Gasteiger partial charge on any atom is -0.609 e. The van der Waals surface area contributed by atoms with Gasteiger partial charge in [0.05, 0.1) is 19.4 Å². The second kappa shape index (κ2) is 7.30. The van der Waals surface area contributed by atoms with Crippen LogP contribution in [0.1, 0.15) is 31.1 Å². The number of ether oxygens (including phenoxy) is 2. The van der Waals surface area contributed by atoms with Crippen LogP contribution in [-0.2, 0) is 15.9 Å². The molecule has 0 saturated carbocycles. The minimum atomic E-state index is -1.33. The van der Waals surface area contributed by atoms with Gasteiger partial charge in [-0.2, -0.15) is 4.98 Å². The number of hydrogen-bond acceptors (Lipinski definition) is 6. The van der Waals surface area contributed by atoms with Crippen molar-refractivity contribution in [3.63, 3.8) is 0 Å². The van der Waals surface area contributed by atoms with Crippen LogP contribution in [0.3, 0.4) is 0 Å². The molecule has 0 aliphatic rings. The van der Waals surface area contributed by atoms with Gasteiger partial charge in [0, 0.05) is 11.2 Å². The highest BCUT2D eigenvalue weighted by molar-refractivity contribution is 7.90. The van der Waals surface area contributed by atoms with Crippen molar-refractivity contribution in [2.75, 3.05) is 19.5 Å². The molecule has 0 aromatic carbocycles. The lowest BCUT2D eigenvalue weighted by atomic mass is 10.2. The zero-order valence-electron chi connectivity index (χ0n) is 11.5. The zero-order chi connectivity index (χ0) is 14.4. The number of carbonyl (C=O) groups excluding carboxylic acids is 1. The van der Waals surface area contributed by atoms with E-state index in [9.17, 15) is 9.35 Å². The first kappa shape index (κ1) is 15.7. The fraction of sp³-hybridized carbons (Fsp3) is 0.583. The van der Waals surface area contributed by atoms with E-state index in [2.05, 4.69) is 9.97 Å². The second-order valence-corrected chi connectivity index (χ2v) is 5.52. The predicted octanol–water partition coefficient (Wildman–Crippen LogP) is 1.43. The summed E-state index contributed by atoms with van der Waals surface area (Å²) in [4.78, 5) is 19.6. The van der Waals surface area contributed by atoms with Gasteiger partial charge < -0.3 is 14.0 Å². The van der Waals surface area contributed by atoms with Crippen molar-refractivity contribution in [2.45, 2.75) is 25.9 Å². The zero-order valence-corrected chi connectivity index (χ0v) is 12.3.